The smallest absolute Gasteiger partial charge is 0.324 e. The number of rotatable bonds is 8. The van der Waals surface area contributed by atoms with Gasteiger partial charge >= 0.3 is 6.03 Å². The summed E-state index contributed by atoms with van der Waals surface area (Å²) in [4.78, 5) is 22.4. The predicted molar refractivity (Wildman–Crippen MR) is 158 cm³/mol. The number of aliphatic hydroxyl groups is 1. The van der Waals surface area contributed by atoms with Crippen LogP contribution in [0.1, 0.15) is 23.7 Å². The second-order valence-corrected chi connectivity index (χ2v) is 10.4. The van der Waals surface area contributed by atoms with Gasteiger partial charge in [-0.2, -0.15) is 0 Å². The summed E-state index contributed by atoms with van der Waals surface area (Å²) < 4.78 is 1.98. The van der Waals surface area contributed by atoms with Gasteiger partial charge in [0, 0.05) is 56.2 Å². The number of aromatic nitrogens is 2. The van der Waals surface area contributed by atoms with Crippen LogP contribution in [-0.4, -0.2) is 69.7 Å². The highest BCUT2D eigenvalue weighted by Gasteiger charge is 2.18. The van der Waals surface area contributed by atoms with Crippen LogP contribution in [0.5, 0.6) is 0 Å². The Hall–Kier alpha value is -3.43. The zero-order valence-electron chi connectivity index (χ0n) is 22.5. The van der Waals surface area contributed by atoms with E-state index >= 15 is 0 Å². The lowest BCUT2D eigenvalue weighted by Gasteiger charge is -2.34. The van der Waals surface area contributed by atoms with E-state index in [1.807, 2.05) is 24.4 Å². The van der Waals surface area contributed by atoms with Crippen molar-refractivity contribution in [3.8, 4) is 11.1 Å². The minimum Gasteiger partial charge on any atom is -0.395 e. The number of hydrogen-bond donors (Lipinski definition) is 3. The Bertz CT molecular complexity index is 1430. The number of benzene rings is 2. The highest BCUT2D eigenvalue weighted by Crippen LogP contribution is 2.28. The van der Waals surface area contributed by atoms with Crippen molar-refractivity contribution in [2.24, 2.45) is 0 Å². The van der Waals surface area contributed by atoms with Crippen molar-refractivity contribution in [2.75, 3.05) is 50.0 Å². The summed E-state index contributed by atoms with van der Waals surface area (Å²) in [6, 6.07) is 17.5. The van der Waals surface area contributed by atoms with Crippen LogP contribution in [0, 0.1) is 6.92 Å². The van der Waals surface area contributed by atoms with Gasteiger partial charge in [-0.3, -0.25) is 19.5 Å². The van der Waals surface area contributed by atoms with Crippen LogP contribution >= 0.6 is 11.6 Å². The number of amides is 2. The zero-order valence-corrected chi connectivity index (χ0v) is 23.2. The molecular weight excluding hydrogens is 512 g/mol. The standard InChI is InChI=1S/C30H35ClN6O2/c1-3-27-29(34-30(39)32-26-10-8-25(31)9-11-26)37-20-24(18-21(2)28(37)33-27)23-6-4-22(5-7-23)19-36-14-12-35(13-15-36)16-17-38/h4-11,18,20,38H,3,12-17,19H2,1-2H3,(H2,32,34,39). The van der Waals surface area contributed by atoms with E-state index < -0.39 is 0 Å². The third kappa shape index (κ3) is 6.42. The molecule has 1 aliphatic rings. The number of fused-ring (bicyclic) bond motifs is 1. The molecule has 39 heavy (non-hydrogen) atoms. The molecule has 0 unspecified atom stereocenters. The lowest BCUT2D eigenvalue weighted by atomic mass is 10.0. The molecule has 3 N–H and O–H groups in total. The second kappa shape index (κ2) is 12.2. The monoisotopic (exact) mass is 546 g/mol. The molecule has 0 aliphatic carbocycles. The first-order valence-corrected chi connectivity index (χ1v) is 13.8. The summed E-state index contributed by atoms with van der Waals surface area (Å²) in [5.41, 5.74) is 6.81. The highest BCUT2D eigenvalue weighted by molar-refractivity contribution is 6.30. The summed E-state index contributed by atoms with van der Waals surface area (Å²) >= 11 is 5.96. The Morgan fingerprint density at radius 3 is 2.33 bits per heavy atom. The molecule has 1 aliphatic heterocycles. The minimum atomic E-state index is -0.335. The van der Waals surface area contributed by atoms with Gasteiger partial charge in [-0.15, -0.1) is 0 Å². The molecule has 4 aromatic rings. The summed E-state index contributed by atoms with van der Waals surface area (Å²) in [5.74, 6) is 0.667. The Morgan fingerprint density at radius 1 is 0.974 bits per heavy atom. The summed E-state index contributed by atoms with van der Waals surface area (Å²) in [7, 11) is 0. The number of β-amino-alcohol motifs (C(OH)–C–C–N with tert-alkyl or cyclic N) is 1. The maximum Gasteiger partial charge on any atom is 0.324 e. The molecular formula is C30H35ClN6O2. The van der Waals surface area contributed by atoms with Crippen LogP contribution in [0.4, 0.5) is 16.3 Å². The van der Waals surface area contributed by atoms with E-state index in [9.17, 15) is 4.79 Å². The SMILES string of the molecule is CCc1nc2c(C)cc(-c3ccc(CN4CCN(CCO)CC4)cc3)cn2c1NC(=O)Nc1ccc(Cl)cc1. The quantitative estimate of drug-likeness (QED) is 0.280. The third-order valence-electron chi connectivity index (χ3n) is 7.22. The maximum atomic E-state index is 12.9. The number of halogens is 1. The van der Waals surface area contributed by atoms with Gasteiger partial charge in [0.15, 0.2) is 0 Å². The Kier molecular flexibility index (Phi) is 8.47. The zero-order chi connectivity index (χ0) is 27.4. The lowest BCUT2D eigenvalue weighted by molar-refractivity contribution is 0.108. The molecule has 5 rings (SSSR count). The number of carbonyl (C=O) groups excluding carboxylic acids is 1. The molecule has 8 nitrogen and oxygen atoms in total. The molecule has 3 heterocycles. The van der Waals surface area contributed by atoms with Crippen LogP contribution in [0.25, 0.3) is 16.8 Å². The van der Waals surface area contributed by atoms with Crippen LogP contribution < -0.4 is 10.6 Å². The van der Waals surface area contributed by atoms with Crippen LogP contribution in [0.15, 0.2) is 60.8 Å². The van der Waals surface area contributed by atoms with Gasteiger partial charge in [0.2, 0.25) is 0 Å². The van der Waals surface area contributed by atoms with Crippen molar-refractivity contribution in [2.45, 2.75) is 26.8 Å². The number of piperazine rings is 1. The summed E-state index contributed by atoms with van der Waals surface area (Å²) in [6.07, 6.45) is 2.73. The van der Waals surface area contributed by atoms with Crippen molar-refractivity contribution in [1.82, 2.24) is 19.2 Å². The number of anilines is 2. The molecule has 2 aromatic heterocycles. The number of urea groups is 1. The van der Waals surface area contributed by atoms with Gasteiger partial charge < -0.3 is 10.4 Å². The molecule has 204 valence electrons. The fourth-order valence-corrected chi connectivity index (χ4v) is 5.20. The number of aliphatic hydroxyl groups excluding tert-OH is 1. The van der Waals surface area contributed by atoms with Crippen molar-refractivity contribution < 1.29 is 9.90 Å². The van der Waals surface area contributed by atoms with Gasteiger partial charge in [-0.25, -0.2) is 9.78 Å². The van der Waals surface area contributed by atoms with E-state index in [0.29, 0.717) is 22.9 Å². The summed E-state index contributed by atoms with van der Waals surface area (Å²) in [6.45, 7) is 10.0. The van der Waals surface area contributed by atoms with Gasteiger partial charge in [0.05, 0.1) is 12.3 Å². The first-order chi connectivity index (χ1) is 18.9. The predicted octanol–water partition coefficient (Wildman–Crippen LogP) is 5.28. The van der Waals surface area contributed by atoms with Crippen molar-refractivity contribution in [1.29, 1.82) is 0 Å². The molecule has 0 radical (unpaired) electrons. The number of imidazole rings is 1. The molecule has 9 heteroatoms. The van der Waals surface area contributed by atoms with Crippen molar-refractivity contribution in [3.05, 3.63) is 82.6 Å². The Labute approximate surface area is 234 Å². The average Bonchev–Trinajstić information content (AvgIpc) is 3.29. The molecule has 2 amide bonds. The molecule has 0 saturated carbocycles. The van der Waals surface area contributed by atoms with Crippen LogP contribution in [-0.2, 0) is 13.0 Å². The number of nitrogens with zero attached hydrogens (tertiary/aromatic N) is 4. The largest absolute Gasteiger partial charge is 0.395 e. The van der Waals surface area contributed by atoms with Crippen LogP contribution in [0.3, 0.4) is 0 Å². The van der Waals surface area contributed by atoms with E-state index in [1.165, 1.54) is 5.56 Å². The van der Waals surface area contributed by atoms with Crippen molar-refractivity contribution in [3.63, 3.8) is 0 Å². The molecule has 0 spiro atoms. The summed E-state index contributed by atoms with van der Waals surface area (Å²) in [5, 5.41) is 15.7. The first kappa shape index (κ1) is 27.1. The van der Waals surface area contributed by atoms with Gasteiger partial charge in [0.25, 0.3) is 0 Å². The average molecular weight is 547 g/mol. The molecule has 1 saturated heterocycles. The fourth-order valence-electron chi connectivity index (χ4n) is 5.07. The van der Waals surface area contributed by atoms with E-state index in [0.717, 1.165) is 67.3 Å². The molecule has 2 aromatic carbocycles. The van der Waals surface area contributed by atoms with E-state index in [1.54, 1.807) is 24.3 Å². The fraction of sp³-hybridized carbons (Fsp3) is 0.333. The third-order valence-corrected chi connectivity index (χ3v) is 7.47. The second-order valence-electron chi connectivity index (χ2n) is 9.99. The first-order valence-electron chi connectivity index (χ1n) is 13.4. The molecule has 0 bridgehead atoms. The number of aryl methyl sites for hydroxylation is 2. The number of pyridine rings is 1. The number of hydrogen-bond acceptors (Lipinski definition) is 5. The Morgan fingerprint density at radius 2 is 1.67 bits per heavy atom. The normalized spacial score (nSPS) is 14.6. The topological polar surface area (TPSA) is 85.1 Å². The number of nitrogens with one attached hydrogen (secondary N) is 2. The van der Waals surface area contributed by atoms with Crippen LogP contribution in [0.2, 0.25) is 5.02 Å². The van der Waals surface area contributed by atoms with E-state index in [-0.39, 0.29) is 12.6 Å². The molecule has 0 atom stereocenters. The molecule has 1 fully saturated rings. The van der Waals surface area contributed by atoms with Gasteiger partial charge in [-0.05, 0) is 65.9 Å². The highest BCUT2D eigenvalue weighted by atomic mass is 35.5. The van der Waals surface area contributed by atoms with E-state index in [4.69, 9.17) is 21.7 Å². The Balaban J connectivity index is 1.33. The lowest BCUT2D eigenvalue weighted by Crippen LogP contribution is -2.46. The number of carbonyl (C=O) groups is 1. The maximum absolute atomic E-state index is 12.9. The van der Waals surface area contributed by atoms with Gasteiger partial charge in [-0.1, -0.05) is 42.8 Å². The minimum absolute atomic E-state index is 0.222. The van der Waals surface area contributed by atoms with E-state index in [2.05, 4.69) is 50.8 Å². The van der Waals surface area contributed by atoms with Gasteiger partial charge in [0.1, 0.15) is 11.5 Å². The van der Waals surface area contributed by atoms with Crippen molar-refractivity contribution >= 4 is 34.8 Å².